The molecule has 154 valence electrons. The molecular formula is C28H19ClN2O. The van der Waals surface area contributed by atoms with Gasteiger partial charge >= 0.3 is 0 Å². The zero-order chi connectivity index (χ0) is 21.9. The Morgan fingerprint density at radius 1 is 0.719 bits per heavy atom. The van der Waals surface area contributed by atoms with Crippen LogP contribution in [0.3, 0.4) is 0 Å². The van der Waals surface area contributed by atoms with Gasteiger partial charge < -0.3 is 5.32 Å². The van der Waals surface area contributed by atoms with Crippen LogP contribution in [0.25, 0.3) is 33.3 Å². The number of hydrogen-bond donors (Lipinski definition) is 1. The molecule has 5 aromatic rings. The Morgan fingerprint density at radius 3 is 2.25 bits per heavy atom. The molecule has 5 rings (SSSR count). The van der Waals surface area contributed by atoms with Gasteiger partial charge in [0.15, 0.2) is 0 Å². The molecule has 0 aliphatic heterocycles. The molecule has 3 nitrogen and oxygen atoms in total. The highest BCUT2D eigenvalue weighted by atomic mass is 35.5. The summed E-state index contributed by atoms with van der Waals surface area (Å²) in [6.07, 6.45) is 0. The van der Waals surface area contributed by atoms with Crippen molar-refractivity contribution in [3.63, 3.8) is 0 Å². The maximum Gasteiger partial charge on any atom is 0.255 e. The van der Waals surface area contributed by atoms with Crippen LogP contribution < -0.4 is 5.32 Å². The molecule has 0 saturated heterocycles. The van der Waals surface area contributed by atoms with Crippen LogP contribution in [0, 0.1) is 0 Å². The minimum absolute atomic E-state index is 0.177. The van der Waals surface area contributed by atoms with Crippen molar-refractivity contribution in [2.45, 2.75) is 0 Å². The van der Waals surface area contributed by atoms with E-state index in [9.17, 15) is 4.79 Å². The van der Waals surface area contributed by atoms with Gasteiger partial charge in [0.1, 0.15) is 0 Å². The van der Waals surface area contributed by atoms with Crippen LogP contribution in [-0.4, -0.2) is 10.9 Å². The highest BCUT2D eigenvalue weighted by molar-refractivity contribution is 6.31. The number of carbonyl (C=O) groups is 1. The summed E-state index contributed by atoms with van der Waals surface area (Å²) < 4.78 is 0. The first-order valence-electron chi connectivity index (χ1n) is 10.3. The number of benzene rings is 4. The molecule has 0 saturated carbocycles. The Balaban J connectivity index is 1.51. The van der Waals surface area contributed by atoms with Gasteiger partial charge in [0.25, 0.3) is 5.91 Å². The second-order valence-corrected chi connectivity index (χ2v) is 7.92. The van der Waals surface area contributed by atoms with Crippen molar-refractivity contribution < 1.29 is 4.79 Å². The summed E-state index contributed by atoms with van der Waals surface area (Å²) >= 11 is 6.24. The number of pyridine rings is 1. The Morgan fingerprint density at radius 2 is 1.47 bits per heavy atom. The van der Waals surface area contributed by atoms with Crippen molar-refractivity contribution in [3.05, 3.63) is 120 Å². The predicted octanol–water partition coefficient (Wildman–Crippen LogP) is 7.47. The van der Waals surface area contributed by atoms with E-state index in [1.54, 1.807) is 18.2 Å². The molecular weight excluding hydrogens is 416 g/mol. The molecule has 0 bridgehead atoms. The molecule has 0 aliphatic carbocycles. The number of fused-ring (bicyclic) bond motifs is 1. The summed E-state index contributed by atoms with van der Waals surface area (Å²) in [6, 6.07) is 35.0. The van der Waals surface area contributed by atoms with Crippen LogP contribution in [0.15, 0.2) is 109 Å². The normalized spacial score (nSPS) is 10.8. The van der Waals surface area contributed by atoms with E-state index in [2.05, 4.69) is 29.6 Å². The molecule has 1 heterocycles. The number of hydrogen-bond acceptors (Lipinski definition) is 2. The van der Waals surface area contributed by atoms with Crippen LogP contribution in [0.4, 0.5) is 5.69 Å². The Bertz CT molecular complexity index is 1420. The molecule has 0 fully saturated rings. The van der Waals surface area contributed by atoms with Crippen molar-refractivity contribution >= 4 is 34.1 Å². The van der Waals surface area contributed by atoms with Crippen molar-refractivity contribution in [2.24, 2.45) is 0 Å². The molecule has 4 heteroatoms. The highest BCUT2D eigenvalue weighted by Crippen LogP contribution is 2.33. The van der Waals surface area contributed by atoms with Crippen molar-refractivity contribution in [3.8, 4) is 22.4 Å². The Labute approximate surface area is 191 Å². The van der Waals surface area contributed by atoms with Crippen molar-refractivity contribution in [1.29, 1.82) is 0 Å². The molecule has 1 aromatic heterocycles. The van der Waals surface area contributed by atoms with Crippen LogP contribution in [0.2, 0.25) is 5.02 Å². The lowest BCUT2D eigenvalue weighted by atomic mass is 10.0. The predicted molar refractivity (Wildman–Crippen MR) is 132 cm³/mol. The maximum absolute atomic E-state index is 12.7. The third-order valence-electron chi connectivity index (χ3n) is 5.34. The number of nitrogens with zero attached hydrogens (tertiary/aromatic N) is 1. The maximum atomic E-state index is 12.7. The SMILES string of the molecule is O=C(Nc1cc(Cl)ccc1-c1ccc2nc(-c3ccccc3)ccc2c1)c1ccccc1. The van der Waals surface area contributed by atoms with E-state index in [0.29, 0.717) is 16.3 Å². The van der Waals surface area contributed by atoms with Crippen LogP contribution in [0.1, 0.15) is 10.4 Å². The molecule has 1 amide bonds. The zero-order valence-electron chi connectivity index (χ0n) is 17.1. The number of carbonyl (C=O) groups excluding carboxylic acids is 1. The lowest BCUT2D eigenvalue weighted by Crippen LogP contribution is -2.12. The minimum atomic E-state index is -0.177. The number of nitrogens with one attached hydrogen (secondary N) is 1. The number of halogens is 1. The fourth-order valence-corrected chi connectivity index (χ4v) is 3.89. The third-order valence-corrected chi connectivity index (χ3v) is 5.57. The smallest absolute Gasteiger partial charge is 0.255 e. The topological polar surface area (TPSA) is 42.0 Å². The van der Waals surface area contributed by atoms with E-state index in [0.717, 1.165) is 33.3 Å². The van der Waals surface area contributed by atoms with Gasteiger partial charge in [-0.3, -0.25) is 4.79 Å². The van der Waals surface area contributed by atoms with E-state index < -0.39 is 0 Å². The third kappa shape index (κ3) is 4.11. The molecule has 1 N–H and O–H groups in total. The van der Waals surface area contributed by atoms with E-state index >= 15 is 0 Å². The number of aromatic nitrogens is 1. The fraction of sp³-hybridized carbons (Fsp3) is 0. The molecule has 4 aromatic carbocycles. The fourth-order valence-electron chi connectivity index (χ4n) is 3.72. The zero-order valence-corrected chi connectivity index (χ0v) is 17.9. The first-order valence-corrected chi connectivity index (χ1v) is 10.7. The van der Waals surface area contributed by atoms with Gasteiger partial charge in [-0.25, -0.2) is 4.98 Å². The summed E-state index contributed by atoms with van der Waals surface area (Å²) in [6.45, 7) is 0. The van der Waals surface area contributed by atoms with E-state index in [1.807, 2.05) is 66.7 Å². The largest absolute Gasteiger partial charge is 0.321 e. The summed E-state index contributed by atoms with van der Waals surface area (Å²) in [7, 11) is 0. The number of rotatable bonds is 4. The van der Waals surface area contributed by atoms with E-state index in [1.165, 1.54) is 0 Å². The van der Waals surface area contributed by atoms with E-state index in [-0.39, 0.29) is 5.91 Å². The first-order chi connectivity index (χ1) is 15.7. The average Bonchev–Trinajstić information content (AvgIpc) is 2.84. The van der Waals surface area contributed by atoms with Gasteiger partial charge in [0.05, 0.1) is 16.9 Å². The lowest BCUT2D eigenvalue weighted by Gasteiger charge is -2.13. The van der Waals surface area contributed by atoms with E-state index in [4.69, 9.17) is 16.6 Å². The van der Waals surface area contributed by atoms with Crippen molar-refractivity contribution in [2.75, 3.05) is 5.32 Å². The van der Waals surface area contributed by atoms with Crippen molar-refractivity contribution in [1.82, 2.24) is 4.98 Å². The second kappa shape index (κ2) is 8.66. The quantitative estimate of drug-likeness (QED) is 0.318. The average molecular weight is 435 g/mol. The van der Waals surface area contributed by atoms with Gasteiger partial charge in [0, 0.05) is 27.1 Å². The standard InChI is InChI=1S/C28H19ClN2O/c29-23-13-14-24(27(18-23)31-28(32)20-9-5-2-6-10-20)21-11-15-26-22(17-21)12-16-25(30-26)19-7-3-1-4-8-19/h1-18H,(H,31,32). The molecule has 0 radical (unpaired) electrons. The first kappa shape index (κ1) is 20.0. The van der Waals surface area contributed by atoms with Crippen LogP contribution in [0.5, 0.6) is 0 Å². The molecule has 0 spiro atoms. The Kier molecular flexibility index (Phi) is 5.40. The lowest BCUT2D eigenvalue weighted by molar-refractivity contribution is 0.102. The number of amides is 1. The summed E-state index contributed by atoms with van der Waals surface area (Å²) in [5.74, 6) is -0.177. The molecule has 0 atom stereocenters. The molecule has 0 aliphatic rings. The van der Waals surface area contributed by atoms with Gasteiger partial charge in [-0.05, 0) is 48.0 Å². The number of anilines is 1. The van der Waals surface area contributed by atoms with Gasteiger partial charge in [-0.1, -0.05) is 78.3 Å². The minimum Gasteiger partial charge on any atom is -0.321 e. The van der Waals surface area contributed by atoms with Gasteiger partial charge in [-0.2, -0.15) is 0 Å². The van der Waals surface area contributed by atoms with Crippen LogP contribution >= 0.6 is 11.6 Å². The van der Waals surface area contributed by atoms with Crippen LogP contribution in [-0.2, 0) is 0 Å². The second-order valence-electron chi connectivity index (χ2n) is 7.48. The molecule has 0 unspecified atom stereocenters. The van der Waals surface area contributed by atoms with Gasteiger partial charge in [0.2, 0.25) is 0 Å². The monoisotopic (exact) mass is 434 g/mol. The summed E-state index contributed by atoms with van der Waals surface area (Å²) in [5, 5.41) is 4.59. The highest BCUT2D eigenvalue weighted by Gasteiger charge is 2.12. The summed E-state index contributed by atoms with van der Waals surface area (Å²) in [5.41, 5.74) is 6.07. The Hall–Kier alpha value is -3.95. The van der Waals surface area contributed by atoms with Gasteiger partial charge in [-0.15, -0.1) is 0 Å². The summed E-state index contributed by atoms with van der Waals surface area (Å²) in [4.78, 5) is 17.5. The molecule has 32 heavy (non-hydrogen) atoms.